The number of nitro benzene ring substituents is 1. The van der Waals surface area contributed by atoms with E-state index in [0.717, 1.165) is 23.1 Å². The SMILES string of the molecule is Cc1ccc(NC2CCCC(C3CC3)C2)cc1[N+](=O)[O-]. The predicted octanol–water partition coefficient (Wildman–Crippen LogP) is 4.28. The second kappa shape index (κ2) is 5.43. The number of benzene rings is 1. The van der Waals surface area contributed by atoms with E-state index >= 15 is 0 Å². The van der Waals surface area contributed by atoms with Crippen LogP contribution in [0.1, 0.15) is 44.1 Å². The summed E-state index contributed by atoms with van der Waals surface area (Å²) >= 11 is 0. The fourth-order valence-corrected chi connectivity index (χ4v) is 3.49. The van der Waals surface area contributed by atoms with E-state index in [1.807, 2.05) is 12.1 Å². The zero-order chi connectivity index (χ0) is 14.1. The third-order valence-electron chi connectivity index (χ3n) is 4.78. The molecule has 0 heterocycles. The topological polar surface area (TPSA) is 55.2 Å². The molecule has 0 aliphatic heterocycles. The van der Waals surface area contributed by atoms with E-state index in [0.29, 0.717) is 6.04 Å². The molecule has 2 atom stereocenters. The molecule has 108 valence electrons. The molecule has 0 aromatic heterocycles. The van der Waals surface area contributed by atoms with Gasteiger partial charge in [-0.15, -0.1) is 0 Å². The van der Waals surface area contributed by atoms with Gasteiger partial charge in [-0.3, -0.25) is 10.1 Å². The van der Waals surface area contributed by atoms with Crippen molar-refractivity contribution in [1.29, 1.82) is 0 Å². The van der Waals surface area contributed by atoms with Gasteiger partial charge in [-0.05, 0) is 50.5 Å². The van der Waals surface area contributed by atoms with E-state index in [1.165, 1.54) is 38.5 Å². The zero-order valence-electron chi connectivity index (χ0n) is 12.0. The van der Waals surface area contributed by atoms with Crippen LogP contribution in [-0.2, 0) is 0 Å². The number of rotatable bonds is 4. The quantitative estimate of drug-likeness (QED) is 0.658. The van der Waals surface area contributed by atoms with Gasteiger partial charge in [-0.2, -0.15) is 0 Å². The highest BCUT2D eigenvalue weighted by atomic mass is 16.6. The van der Waals surface area contributed by atoms with Gasteiger partial charge in [-0.25, -0.2) is 0 Å². The van der Waals surface area contributed by atoms with Gasteiger partial charge in [0.25, 0.3) is 5.69 Å². The van der Waals surface area contributed by atoms with Crippen molar-refractivity contribution >= 4 is 11.4 Å². The number of hydrogen-bond donors (Lipinski definition) is 1. The average molecular weight is 274 g/mol. The Hall–Kier alpha value is -1.58. The second-order valence-corrected chi connectivity index (χ2v) is 6.36. The number of nitrogens with zero attached hydrogens (tertiary/aromatic N) is 1. The van der Waals surface area contributed by atoms with Crippen molar-refractivity contribution in [2.24, 2.45) is 11.8 Å². The maximum absolute atomic E-state index is 11.0. The van der Waals surface area contributed by atoms with E-state index in [4.69, 9.17) is 0 Å². The summed E-state index contributed by atoms with van der Waals surface area (Å²) in [4.78, 5) is 10.7. The highest BCUT2D eigenvalue weighted by molar-refractivity contribution is 5.55. The molecule has 0 spiro atoms. The van der Waals surface area contributed by atoms with E-state index in [-0.39, 0.29) is 10.6 Å². The van der Waals surface area contributed by atoms with Crippen molar-refractivity contribution in [1.82, 2.24) is 0 Å². The Balaban J connectivity index is 1.67. The first kappa shape index (κ1) is 13.4. The van der Waals surface area contributed by atoms with Gasteiger partial charge in [0.05, 0.1) is 4.92 Å². The lowest BCUT2D eigenvalue weighted by Crippen LogP contribution is -2.28. The number of nitro groups is 1. The van der Waals surface area contributed by atoms with Crippen molar-refractivity contribution in [2.75, 3.05) is 5.32 Å². The number of anilines is 1. The molecule has 2 aliphatic rings. The molecule has 2 saturated carbocycles. The summed E-state index contributed by atoms with van der Waals surface area (Å²) in [6.45, 7) is 1.78. The smallest absolute Gasteiger partial charge is 0.274 e. The second-order valence-electron chi connectivity index (χ2n) is 6.36. The molecule has 1 aromatic rings. The molecule has 0 bridgehead atoms. The molecular weight excluding hydrogens is 252 g/mol. The van der Waals surface area contributed by atoms with Gasteiger partial charge in [0, 0.05) is 23.4 Å². The van der Waals surface area contributed by atoms with Crippen LogP contribution in [0.2, 0.25) is 0 Å². The largest absolute Gasteiger partial charge is 0.382 e. The average Bonchev–Trinajstić information content (AvgIpc) is 3.25. The zero-order valence-corrected chi connectivity index (χ0v) is 12.0. The number of hydrogen-bond acceptors (Lipinski definition) is 3. The fraction of sp³-hybridized carbons (Fsp3) is 0.625. The molecule has 1 aromatic carbocycles. The molecule has 2 fully saturated rings. The lowest BCUT2D eigenvalue weighted by molar-refractivity contribution is -0.385. The molecular formula is C16H22N2O2. The molecule has 1 N–H and O–H groups in total. The lowest BCUT2D eigenvalue weighted by Gasteiger charge is -2.30. The van der Waals surface area contributed by atoms with Gasteiger partial charge >= 0.3 is 0 Å². The van der Waals surface area contributed by atoms with Crippen LogP contribution in [0.4, 0.5) is 11.4 Å². The molecule has 2 unspecified atom stereocenters. The van der Waals surface area contributed by atoms with Crippen LogP contribution in [0.5, 0.6) is 0 Å². The van der Waals surface area contributed by atoms with E-state index in [1.54, 1.807) is 13.0 Å². The molecule has 4 heteroatoms. The Morgan fingerprint density at radius 3 is 2.70 bits per heavy atom. The Kier molecular flexibility index (Phi) is 3.64. The molecule has 4 nitrogen and oxygen atoms in total. The van der Waals surface area contributed by atoms with Crippen LogP contribution in [0.25, 0.3) is 0 Å². The van der Waals surface area contributed by atoms with E-state index in [2.05, 4.69) is 5.32 Å². The minimum absolute atomic E-state index is 0.213. The maximum atomic E-state index is 11.0. The third kappa shape index (κ3) is 2.94. The number of aryl methyl sites for hydroxylation is 1. The van der Waals surface area contributed by atoms with Crippen molar-refractivity contribution in [3.05, 3.63) is 33.9 Å². The summed E-state index contributed by atoms with van der Waals surface area (Å²) in [5.74, 6) is 1.84. The summed E-state index contributed by atoms with van der Waals surface area (Å²) in [5, 5.41) is 14.5. The van der Waals surface area contributed by atoms with E-state index in [9.17, 15) is 10.1 Å². The highest BCUT2D eigenvalue weighted by Crippen LogP contribution is 2.44. The van der Waals surface area contributed by atoms with Crippen LogP contribution in [0.15, 0.2) is 18.2 Å². The van der Waals surface area contributed by atoms with Crippen LogP contribution in [0, 0.1) is 28.9 Å². The Morgan fingerprint density at radius 2 is 2.00 bits per heavy atom. The monoisotopic (exact) mass is 274 g/mol. The summed E-state index contributed by atoms with van der Waals surface area (Å²) in [6, 6.07) is 5.96. The van der Waals surface area contributed by atoms with Crippen molar-refractivity contribution in [2.45, 2.75) is 51.5 Å². The predicted molar refractivity (Wildman–Crippen MR) is 79.9 cm³/mol. The lowest BCUT2D eigenvalue weighted by atomic mass is 9.82. The van der Waals surface area contributed by atoms with Crippen LogP contribution < -0.4 is 5.32 Å². The first-order valence-electron chi connectivity index (χ1n) is 7.65. The van der Waals surface area contributed by atoms with E-state index < -0.39 is 0 Å². The van der Waals surface area contributed by atoms with Crippen molar-refractivity contribution in [3.8, 4) is 0 Å². The maximum Gasteiger partial charge on any atom is 0.274 e. The standard InChI is InChI=1S/C16H22N2O2/c1-11-5-8-15(10-16(11)18(19)20)17-14-4-2-3-13(9-14)12-6-7-12/h5,8,10,12-14,17H,2-4,6-7,9H2,1H3. The molecule has 3 rings (SSSR count). The van der Waals surface area contributed by atoms with Crippen LogP contribution in [0.3, 0.4) is 0 Å². The number of nitrogens with one attached hydrogen (secondary N) is 1. The fourth-order valence-electron chi connectivity index (χ4n) is 3.49. The summed E-state index contributed by atoms with van der Waals surface area (Å²) < 4.78 is 0. The summed E-state index contributed by atoms with van der Waals surface area (Å²) in [6.07, 6.45) is 7.89. The van der Waals surface area contributed by atoms with Gasteiger partial charge in [0.1, 0.15) is 0 Å². The summed E-state index contributed by atoms with van der Waals surface area (Å²) in [7, 11) is 0. The first-order chi connectivity index (χ1) is 9.63. The third-order valence-corrected chi connectivity index (χ3v) is 4.78. The Morgan fingerprint density at radius 1 is 1.20 bits per heavy atom. The Labute approximate surface area is 119 Å². The minimum atomic E-state index is -0.297. The summed E-state index contributed by atoms with van der Waals surface area (Å²) in [5.41, 5.74) is 1.83. The molecule has 0 amide bonds. The molecule has 0 saturated heterocycles. The van der Waals surface area contributed by atoms with Gasteiger partial charge < -0.3 is 5.32 Å². The van der Waals surface area contributed by atoms with Crippen molar-refractivity contribution < 1.29 is 4.92 Å². The van der Waals surface area contributed by atoms with Gasteiger partial charge in [-0.1, -0.05) is 18.9 Å². The molecule has 20 heavy (non-hydrogen) atoms. The first-order valence-corrected chi connectivity index (χ1v) is 7.65. The minimum Gasteiger partial charge on any atom is -0.382 e. The Bertz CT molecular complexity index is 511. The van der Waals surface area contributed by atoms with Crippen LogP contribution in [-0.4, -0.2) is 11.0 Å². The van der Waals surface area contributed by atoms with Gasteiger partial charge in [0.15, 0.2) is 0 Å². The molecule has 2 aliphatic carbocycles. The highest BCUT2D eigenvalue weighted by Gasteiger charge is 2.34. The van der Waals surface area contributed by atoms with Gasteiger partial charge in [0.2, 0.25) is 0 Å². The normalized spacial score (nSPS) is 26.2. The molecule has 0 radical (unpaired) electrons. The van der Waals surface area contributed by atoms with Crippen LogP contribution >= 0.6 is 0 Å². The van der Waals surface area contributed by atoms with Crippen molar-refractivity contribution in [3.63, 3.8) is 0 Å².